The second-order valence-electron chi connectivity index (χ2n) is 2.63. The van der Waals surface area contributed by atoms with Gasteiger partial charge >= 0.3 is 0 Å². The molecule has 0 N–H and O–H groups in total. The quantitative estimate of drug-likeness (QED) is 0.638. The fourth-order valence-corrected chi connectivity index (χ4v) is 1.10. The minimum atomic E-state index is 0.232. The molecule has 1 heterocycles. The normalized spacial score (nSPS) is 10.5. The molecule has 4 heteroatoms. The van der Waals surface area contributed by atoms with Crippen molar-refractivity contribution in [2.24, 2.45) is 0 Å². The average Bonchev–Trinajstić information content (AvgIpc) is 2.30. The van der Waals surface area contributed by atoms with Crippen LogP contribution in [0.1, 0.15) is 35.8 Å². The summed E-state index contributed by atoms with van der Waals surface area (Å²) in [5.41, 5.74) is 1.31. The number of aldehydes is 1. The van der Waals surface area contributed by atoms with Crippen LogP contribution in [0.15, 0.2) is 6.20 Å². The molecule has 0 fully saturated rings. The summed E-state index contributed by atoms with van der Waals surface area (Å²) in [5, 5.41) is 3.93. The maximum Gasteiger partial charge on any atom is 0.153 e. The van der Waals surface area contributed by atoms with Crippen molar-refractivity contribution < 1.29 is 4.79 Å². The lowest BCUT2D eigenvalue weighted by atomic mass is 10.1. The summed E-state index contributed by atoms with van der Waals surface area (Å²) in [6.07, 6.45) is 2.27. The van der Waals surface area contributed by atoms with E-state index in [1.165, 1.54) is 6.20 Å². The van der Waals surface area contributed by atoms with Crippen molar-refractivity contribution >= 4 is 18.1 Å². The van der Waals surface area contributed by atoms with Crippen LogP contribution in [0.3, 0.4) is 0 Å². The van der Waals surface area contributed by atoms with Crippen LogP contribution in [0, 0.1) is 0 Å². The minimum absolute atomic E-state index is 0.232. The van der Waals surface area contributed by atoms with Crippen LogP contribution in [-0.4, -0.2) is 15.6 Å². The van der Waals surface area contributed by atoms with Gasteiger partial charge in [0, 0.05) is 11.8 Å². The molecule has 0 saturated carbocycles. The Hall–Kier alpha value is -0.830. The van der Waals surface area contributed by atoms with E-state index in [2.05, 4.69) is 5.10 Å². The predicted octanol–water partition coefficient (Wildman–Crippen LogP) is 1.82. The molecule has 1 rings (SSSR count). The predicted molar refractivity (Wildman–Crippen MR) is 43.0 cm³/mol. The maximum absolute atomic E-state index is 10.4. The number of aromatic nitrogens is 2. The molecule has 1 aromatic heterocycles. The van der Waals surface area contributed by atoms with Gasteiger partial charge in [-0.3, -0.25) is 4.79 Å². The number of carbonyl (C=O) groups is 1. The maximum atomic E-state index is 10.4. The van der Waals surface area contributed by atoms with Crippen LogP contribution in [0.4, 0.5) is 0 Å². The molecule has 0 saturated heterocycles. The molecule has 0 spiro atoms. The molecule has 0 atom stereocenters. The first-order chi connectivity index (χ1) is 5.15. The summed E-state index contributed by atoms with van der Waals surface area (Å²) in [6.45, 7) is 3.93. The van der Waals surface area contributed by atoms with Gasteiger partial charge in [-0.2, -0.15) is 9.30 Å². The van der Waals surface area contributed by atoms with E-state index in [9.17, 15) is 4.79 Å². The van der Waals surface area contributed by atoms with Gasteiger partial charge in [0.1, 0.15) is 0 Å². The fourth-order valence-electron chi connectivity index (χ4n) is 0.910. The first-order valence-electron chi connectivity index (χ1n) is 3.36. The lowest BCUT2D eigenvalue weighted by Gasteiger charge is -1.97. The Bertz CT molecular complexity index is 267. The third-order valence-corrected chi connectivity index (χ3v) is 1.59. The van der Waals surface area contributed by atoms with Gasteiger partial charge in [0.2, 0.25) is 0 Å². The zero-order valence-corrected chi connectivity index (χ0v) is 7.17. The largest absolute Gasteiger partial charge is 0.298 e. The van der Waals surface area contributed by atoms with Crippen molar-refractivity contribution in [2.45, 2.75) is 19.8 Å². The second-order valence-corrected chi connectivity index (χ2v) is 2.98. The summed E-state index contributed by atoms with van der Waals surface area (Å²) in [7, 11) is 0. The van der Waals surface area contributed by atoms with Crippen LogP contribution in [-0.2, 0) is 0 Å². The fraction of sp³-hybridized carbons (Fsp3) is 0.429. The molecule has 11 heavy (non-hydrogen) atoms. The zero-order valence-electron chi connectivity index (χ0n) is 6.41. The Kier molecular flexibility index (Phi) is 2.29. The highest BCUT2D eigenvalue weighted by atomic mass is 35.5. The van der Waals surface area contributed by atoms with E-state index in [0.717, 1.165) is 16.2 Å². The van der Waals surface area contributed by atoms with E-state index >= 15 is 0 Å². The highest BCUT2D eigenvalue weighted by Gasteiger charge is 2.10. The van der Waals surface area contributed by atoms with Gasteiger partial charge in [-0.15, -0.1) is 0 Å². The minimum Gasteiger partial charge on any atom is -0.298 e. The van der Waals surface area contributed by atoms with Crippen LogP contribution in [0.25, 0.3) is 0 Å². The highest BCUT2D eigenvalue weighted by Crippen LogP contribution is 2.15. The van der Waals surface area contributed by atoms with Crippen LogP contribution < -0.4 is 0 Å². The van der Waals surface area contributed by atoms with E-state index in [0.29, 0.717) is 5.56 Å². The van der Waals surface area contributed by atoms with Crippen molar-refractivity contribution in [3.8, 4) is 0 Å². The van der Waals surface area contributed by atoms with Crippen molar-refractivity contribution in [1.29, 1.82) is 0 Å². The van der Waals surface area contributed by atoms with E-state index in [1.54, 1.807) is 0 Å². The van der Waals surface area contributed by atoms with Gasteiger partial charge in [-0.1, -0.05) is 13.8 Å². The Morgan fingerprint density at radius 3 is 2.73 bits per heavy atom. The summed E-state index contributed by atoms with van der Waals surface area (Å²) in [4.78, 5) is 10.4. The first kappa shape index (κ1) is 8.27. The molecule has 0 bridgehead atoms. The molecule has 0 aliphatic heterocycles. The molecule has 0 aliphatic rings. The van der Waals surface area contributed by atoms with Crippen molar-refractivity contribution in [3.05, 3.63) is 17.5 Å². The Balaban J connectivity index is 3.11. The topological polar surface area (TPSA) is 34.9 Å². The number of hydrogen-bond donors (Lipinski definition) is 0. The van der Waals surface area contributed by atoms with Gasteiger partial charge in [-0.05, 0) is 5.92 Å². The zero-order chi connectivity index (χ0) is 8.43. The third-order valence-electron chi connectivity index (χ3n) is 1.42. The van der Waals surface area contributed by atoms with Crippen LogP contribution in [0.5, 0.6) is 0 Å². The smallest absolute Gasteiger partial charge is 0.153 e. The van der Waals surface area contributed by atoms with Gasteiger partial charge in [0.05, 0.1) is 17.5 Å². The van der Waals surface area contributed by atoms with E-state index in [1.807, 2.05) is 13.8 Å². The summed E-state index contributed by atoms with van der Waals surface area (Å²) in [6, 6.07) is 0. The molecule has 0 aromatic carbocycles. The first-order valence-corrected chi connectivity index (χ1v) is 3.70. The average molecular weight is 173 g/mol. The van der Waals surface area contributed by atoms with Gasteiger partial charge in [-0.25, -0.2) is 0 Å². The monoisotopic (exact) mass is 172 g/mol. The lowest BCUT2D eigenvalue weighted by molar-refractivity contribution is 0.112. The lowest BCUT2D eigenvalue weighted by Crippen LogP contribution is -1.92. The van der Waals surface area contributed by atoms with E-state index in [4.69, 9.17) is 11.8 Å². The molecule has 0 aliphatic carbocycles. The number of rotatable bonds is 2. The molecule has 1 aromatic rings. The van der Waals surface area contributed by atoms with Crippen LogP contribution in [0.2, 0.25) is 0 Å². The third kappa shape index (κ3) is 1.60. The molecular formula is C7H9ClN2O. The van der Waals surface area contributed by atoms with Gasteiger partial charge in [0.15, 0.2) is 6.29 Å². The summed E-state index contributed by atoms with van der Waals surface area (Å²) >= 11 is 5.54. The summed E-state index contributed by atoms with van der Waals surface area (Å²) < 4.78 is 1.14. The van der Waals surface area contributed by atoms with Gasteiger partial charge < -0.3 is 0 Å². The van der Waals surface area contributed by atoms with Crippen molar-refractivity contribution in [1.82, 2.24) is 9.30 Å². The SMILES string of the molecule is CC(C)c1nn(Cl)cc1C=O. The second kappa shape index (κ2) is 3.05. The highest BCUT2D eigenvalue weighted by molar-refractivity contribution is 6.14. The summed E-state index contributed by atoms with van der Waals surface area (Å²) in [5.74, 6) is 0.232. The van der Waals surface area contributed by atoms with Gasteiger partial charge in [0.25, 0.3) is 0 Å². The van der Waals surface area contributed by atoms with E-state index < -0.39 is 0 Å². The number of halogens is 1. The standard InChI is InChI=1S/C7H9ClN2O/c1-5(2)7-6(4-11)3-10(8)9-7/h3-5H,1-2H3. The number of carbonyl (C=O) groups excluding carboxylic acids is 1. The van der Waals surface area contributed by atoms with E-state index in [-0.39, 0.29) is 5.92 Å². The Morgan fingerprint density at radius 2 is 2.36 bits per heavy atom. The van der Waals surface area contributed by atoms with Crippen LogP contribution >= 0.6 is 11.8 Å². The number of nitrogens with zero attached hydrogens (tertiary/aromatic N) is 2. The molecule has 3 nitrogen and oxygen atoms in total. The Labute approximate surface area is 70.1 Å². The number of hydrogen-bond acceptors (Lipinski definition) is 2. The molecular weight excluding hydrogens is 164 g/mol. The molecule has 0 unspecified atom stereocenters. The molecule has 60 valence electrons. The van der Waals surface area contributed by atoms with Crippen molar-refractivity contribution in [3.63, 3.8) is 0 Å². The van der Waals surface area contributed by atoms with Crippen molar-refractivity contribution in [2.75, 3.05) is 0 Å². The Morgan fingerprint density at radius 1 is 1.73 bits per heavy atom. The molecule has 0 amide bonds. The molecule has 0 radical (unpaired) electrons.